The lowest BCUT2D eigenvalue weighted by atomic mass is 9.95. The van der Waals surface area contributed by atoms with Crippen molar-refractivity contribution in [3.05, 3.63) is 86.9 Å². The minimum atomic E-state index is -4.26. The maximum atomic E-state index is 14.2. The third-order valence-corrected chi connectivity index (χ3v) is 10.6. The first-order valence-corrected chi connectivity index (χ1v) is 17.0. The second kappa shape index (κ2) is 14.9. The van der Waals surface area contributed by atoms with E-state index in [1.54, 1.807) is 37.3 Å². The molecule has 3 aromatic rings. The van der Waals surface area contributed by atoms with Crippen LogP contribution < -0.4 is 14.4 Å². The van der Waals surface area contributed by atoms with Gasteiger partial charge in [0.1, 0.15) is 18.3 Å². The van der Waals surface area contributed by atoms with E-state index in [2.05, 4.69) is 5.32 Å². The van der Waals surface area contributed by atoms with Gasteiger partial charge in [-0.25, -0.2) is 8.42 Å². The van der Waals surface area contributed by atoms with Gasteiger partial charge in [0, 0.05) is 28.2 Å². The van der Waals surface area contributed by atoms with Gasteiger partial charge in [-0.1, -0.05) is 77.8 Å². The molecular weight excluding hydrogens is 645 g/mol. The summed E-state index contributed by atoms with van der Waals surface area (Å²) in [6.45, 7) is 2.72. The fraction of sp³-hybridized carbons (Fsp3) is 0.375. The molecule has 0 spiro atoms. The van der Waals surface area contributed by atoms with Crippen molar-refractivity contribution in [1.82, 2.24) is 10.2 Å². The highest BCUT2D eigenvalue weighted by atomic mass is 35.5. The zero-order chi connectivity index (χ0) is 32.0. The van der Waals surface area contributed by atoms with Crippen molar-refractivity contribution in [2.45, 2.75) is 69.5 Å². The predicted octanol–water partition coefficient (Wildman–Crippen LogP) is 7.03. The van der Waals surface area contributed by atoms with Crippen LogP contribution in [-0.2, 0) is 26.2 Å². The zero-order valence-corrected chi connectivity index (χ0v) is 27.9. The maximum Gasteiger partial charge on any atom is 0.264 e. The smallest absolute Gasteiger partial charge is 0.264 e. The van der Waals surface area contributed by atoms with Crippen LogP contribution in [-0.4, -0.2) is 50.9 Å². The fourth-order valence-corrected chi connectivity index (χ4v) is 7.36. The SMILES string of the molecule is COc1ccc(N(CC(=O)N(Cc2c(Cl)cccc2Cl)C(C)C(=O)NC2CCCCC2)S(=O)(=O)c2ccc(C)cc2)cc1Cl. The number of nitrogens with one attached hydrogen (secondary N) is 1. The number of anilines is 1. The summed E-state index contributed by atoms with van der Waals surface area (Å²) in [5, 5.41) is 3.88. The van der Waals surface area contributed by atoms with Crippen LogP contribution in [0, 0.1) is 6.92 Å². The van der Waals surface area contributed by atoms with Crippen molar-refractivity contribution >= 4 is 62.3 Å². The molecular formula is C32H36Cl3N3O5S. The van der Waals surface area contributed by atoms with Crippen LogP contribution in [0.15, 0.2) is 65.6 Å². The van der Waals surface area contributed by atoms with Crippen molar-refractivity contribution in [2.75, 3.05) is 18.0 Å². The molecule has 2 amide bonds. The monoisotopic (exact) mass is 679 g/mol. The van der Waals surface area contributed by atoms with Gasteiger partial charge in [-0.2, -0.15) is 0 Å². The Hall–Kier alpha value is -2.98. The Balaban J connectivity index is 1.73. The molecule has 0 aromatic heterocycles. The van der Waals surface area contributed by atoms with Gasteiger partial charge in [-0.15, -0.1) is 0 Å². The summed E-state index contributed by atoms with van der Waals surface area (Å²) in [6.07, 6.45) is 4.90. The summed E-state index contributed by atoms with van der Waals surface area (Å²) in [7, 11) is -2.81. The van der Waals surface area contributed by atoms with Gasteiger partial charge in [-0.05, 0) is 69.2 Å². The average molecular weight is 681 g/mol. The Labute approximate surface area is 274 Å². The molecule has 1 unspecified atom stereocenters. The number of halogens is 3. The molecule has 8 nitrogen and oxygen atoms in total. The van der Waals surface area contributed by atoms with Crippen LogP contribution in [0.1, 0.15) is 50.2 Å². The summed E-state index contributed by atoms with van der Waals surface area (Å²) in [5.41, 5.74) is 1.47. The van der Waals surface area contributed by atoms with E-state index in [0.29, 0.717) is 21.4 Å². The Kier molecular flexibility index (Phi) is 11.5. The van der Waals surface area contributed by atoms with E-state index in [9.17, 15) is 18.0 Å². The van der Waals surface area contributed by atoms with E-state index in [-0.39, 0.29) is 34.1 Å². The quantitative estimate of drug-likeness (QED) is 0.235. The first-order chi connectivity index (χ1) is 20.9. The molecule has 0 bridgehead atoms. The van der Waals surface area contributed by atoms with E-state index >= 15 is 0 Å². The summed E-state index contributed by atoms with van der Waals surface area (Å²) in [4.78, 5) is 29.0. The lowest BCUT2D eigenvalue weighted by molar-refractivity contribution is -0.139. The number of sulfonamides is 1. The molecule has 4 rings (SSSR count). The van der Waals surface area contributed by atoms with E-state index in [1.165, 1.54) is 42.3 Å². The van der Waals surface area contributed by atoms with Crippen molar-refractivity contribution in [3.63, 3.8) is 0 Å². The first kappa shape index (κ1) is 33.9. The predicted molar refractivity (Wildman–Crippen MR) is 175 cm³/mol. The minimum Gasteiger partial charge on any atom is -0.495 e. The molecule has 0 aliphatic heterocycles. The van der Waals surface area contributed by atoms with Crippen molar-refractivity contribution in [1.29, 1.82) is 0 Å². The molecule has 236 valence electrons. The lowest BCUT2D eigenvalue weighted by Gasteiger charge is -2.33. The van der Waals surface area contributed by atoms with E-state index in [1.807, 2.05) is 6.92 Å². The average Bonchev–Trinajstić information content (AvgIpc) is 3.00. The third kappa shape index (κ3) is 7.99. The number of aryl methyl sites for hydroxylation is 1. The molecule has 0 heterocycles. The number of methoxy groups -OCH3 is 1. The number of rotatable bonds is 11. The number of hydrogen-bond donors (Lipinski definition) is 1. The molecule has 1 N–H and O–H groups in total. The molecule has 1 aliphatic carbocycles. The highest BCUT2D eigenvalue weighted by Gasteiger charge is 2.34. The second-order valence-electron chi connectivity index (χ2n) is 10.9. The number of nitrogens with zero attached hydrogens (tertiary/aromatic N) is 2. The number of benzene rings is 3. The molecule has 3 aromatic carbocycles. The summed E-state index contributed by atoms with van der Waals surface area (Å²) >= 11 is 19.3. The van der Waals surface area contributed by atoms with Crippen LogP contribution in [0.25, 0.3) is 0 Å². The van der Waals surface area contributed by atoms with Gasteiger partial charge in [0.2, 0.25) is 11.8 Å². The minimum absolute atomic E-state index is 0.00775. The molecule has 1 atom stereocenters. The number of carbonyl (C=O) groups excluding carboxylic acids is 2. The lowest BCUT2D eigenvalue weighted by Crippen LogP contribution is -2.53. The van der Waals surface area contributed by atoms with E-state index < -0.39 is 28.5 Å². The van der Waals surface area contributed by atoms with Gasteiger partial charge in [-0.3, -0.25) is 13.9 Å². The highest BCUT2D eigenvalue weighted by molar-refractivity contribution is 7.92. The zero-order valence-electron chi connectivity index (χ0n) is 24.9. The Morgan fingerprint density at radius 1 is 0.955 bits per heavy atom. The van der Waals surface area contributed by atoms with Crippen molar-refractivity contribution in [2.24, 2.45) is 0 Å². The fourth-order valence-electron chi connectivity index (χ4n) is 5.18. The molecule has 1 fully saturated rings. The molecule has 44 heavy (non-hydrogen) atoms. The molecule has 1 saturated carbocycles. The highest BCUT2D eigenvalue weighted by Crippen LogP contribution is 2.33. The van der Waals surface area contributed by atoms with Gasteiger partial charge in [0.25, 0.3) is 10.0 Å². The van der Waals surface area contributed by atoms with Crippen molar-refractivity contribution < 1.29 is 22.7 Å². The Morgan fingerprint density at radius 2 is 1.59 bits per heavy atom. The molecule has 0 saturated heterocycles. The summed E-state index contributed by atoms with van der Waals surface area (Å²) < 4.78 is 34.4. The van der Waals surface area contributed by atoms with Crippen LogP contribution in [0.4, 0.5) is 5.69 Å². The first-order valence-electron chi connectivity index (χ1n) is 14.4. The van der Waals surface area contributed by atoms with Gasteiger partial charge in [0.15, 0.2) is 0 Å². The molecule has 0 radical (unpaired) electrons. The van der Waals surface area contributed by atoms with E-state index in [0.717, 1.165) is 42.0 Å². The number of carbonyl (C=O) groups is 2. The maximum absolute atomic E-state index is 14.2. The summed E-state index contributed by atoms with van der Waals surface area (Å²) in [5.74, 6) is -0.624. The topological polar surface area (TPSA) is 96.0 Å². The van der Waals surface area contributed by atoms with Crippen molar-refractivity contribution in [3.8, 4) is 5.75 Å². The Morgan fingerprint density at radius 3 is 2.18 bits per heavy atom. The largest absolute Gasteiger partial charge is 0.495 e. The summed E-state index contributed by atoms with van der Waals surface area (Å²) in [6, 6.07) is 14.8. The van der Waals surface area contributed by atoms with E-state index in [4.69, 9.17) is 39.5 Å². The number of ether oxygens (including phenoxy) is 1. The van der Waals surface area contributed by atoms with Gasteiger partial charge >= 0.3 is 0 Å². The van der Waals surface area contributed by atoms with Gasteiger partial charge in [0.05, 0.1) is 22.7 Å². The van der Waals surface area contributed by atoms with Crippen LogP contribution in [0.3, 0.4) is 0 Å². The standard InChI is InChI=1S/C32H36Cl3N3O5S/c1-21-12-15-25(16-13-21)44(41,42)38(24-14-17-30(43-3)29(35)18-24)20-31(39)37(19-26-27(33)10-7-11-28(26)34)22(2)32(40)36-23-8-5-4-6-9-23/h7,10-18,22-23H,4-6,8-9,19-20H2,1-3H3,(H,36,40). The Bertz CT molecular complexity index is 1570. The van der Waals surface area contributed by atoms with Crippen LogP contribution in [0.5, 0.6) is 5.75 Å². The normalized spacial score (nSPS) is 14.5. The van der Waals surface area contributed by atoms with Gasteiger partial charge < -0.3 is 15.0 Å². The molecule has 1 aliphatic rings. The second-order valence-corrected chi connectivity index (χ2v) is 14.0. The number of hydrogen-bond acceptors (Lipinski definition) is 5. The number of amides is 2. The van der Waals surface area contributed by atoms with Crippen LogP contribution >= 0.6 is 34.8 Å². The molecule has 12 heteroatoms. The van der Waals surface area contributed by atoms with Crippen LogP contribution in [0.2, 0.25) is 15.1 Å². The third-order valence-electron chi connectivity index (χ3n) is 7.82.